The van der Waals surface area contributed by atoms with Gasteiger partial charge in [-0.05, 0) is 24.0 Å². The van der Waals surface area contributed by atoms with Crippen LogP contribution in [0, 0.1) is 0 Å². The van der Waals surface area contributed by atoms with E-state index in [1.807, 2.05) is 0 Å². The molecule has 0 spiro atoms. The van der Waals surface area contributed by atoms with Crippen LogP contribution in [0.5, 0.6) is 0 Å². The lowest BCUT2D eigenvalue weighted by Gasteiger charge is -2.21. The van der Waals surface area contributed by atoms with Gasteiger partial charge in [0.25, 0.3) is 0 Å². The second kappa shape index (κ2) is 6.26. The molecule has 0 amide bonds. The molecular formula is C21H26O. The highest BCUT2D eigenvalue weighted by Crippen LogP contribution is 2.64. The molecule has 2 aromatic rings. The van der Waals surface area contributed by atoms with Crippen molar-refractivity contribution in [1.82, 2.24) is 0 Å². The minimum absolute atomic E-state index is 0.0273. The Labute approximate surface area is 134 Å². The Hall–Kier alpha value is -1.60. The summed E-state index contributed by atoms with van der Waals surface area (Å²) in [6.45, 7) is 4.52. The van der Waals surface area contributed by atoms with E-state index in [0.717, 1.165) is 19.3 Å². The third kappa shape index (κ3) is 2.38. The molecule has 1 heteroatoms. The smallest absolute Gasteiger partial charge is 0.148 e. The molecule has 1 atom stereocenters. The maximum absolute atomic E-state index is 6.61. The number of benzene rings is 2. The zero-order valence-electron chi connectivity index (χ0n) is 13.7. The third-order valence-corrected chi connectivity index (χ3v) is 4.90. The van der Waals surface area contributed by atoms with Gasteiger partial charge in [-0.15, -0.1) is 0 Å². The molecule has 2 aromatic carbocycles. The molecule has 0 saturated carbocycles. The van der Waals surface area contributed by atoms with Crippen LogP contribution < -0.4 is 0 Å². The van der Waals surface area contributed by atoms with Gasteiger partial charge in [0.05, 0.1) is 0 Å². The first-order valence-corrected chi connectivity index (χ1v) is 8.60. The van der Waals surface area contributed by atoms with E-state index in [4.69, 9.17) is 4.74 Å². The molecule has 3 rings (SSSR count). The fraction of sp³-hybridized carbons (Fsp3) is 0.429. The van der Waals surface area contributed by atoms with E-state index in [1.54, 1.807) is 0 Å². The van der Waals surface area contributed by atoms with Crippen LogP contribution in [0.1, 0.15) is 57.1 Å². The van der Waals surface area contributed by atoms with Crippen LogP contribution in [-0.4, -0.2) is 5.60 Å². The van der Waals surface area contributed by atoms with Crippen molar-refractivity contribution in [3.63, 3.8) is 0 Å². The van der Waals surface area contributed by atoms with Gasteiger partial charge in [0.15, 0.2) is 0 Å². The van der Waals surface area contributed by atoms with Crippen molar-refractivity contribution in [2.24, 2.45) is 0 Å². The van der Waals surface area contributed by atoms with Crippen LogP contribution >= 0.6 is 0 Å². The number of hydrogen-bond donors (Lipinski definition) is 0. The average Bonchev–Trinajstić information content (AvgIpc) is 3.25. The molecule has 0 N–H and O–H groups in total. The van der Waals surface area contributed by atoms with Gasteiger partial charge in [-0.2, -0.15) is 0 Å². The van der Waals surface area contributed by atoms with Crippen LogP contribution in [-0.2, 0) is 10.3 Å². The Morgan fingerprint density at radius 1 is 0.727 bits per heavy atom. The highest BCUT2D eigenvalue weighted by Gasteiger charge is 2.70. The summed E-state index contributed by atoms with van der Waals surface area (Å²) >= 11 is 0. The van der Waals surface area contributed by atoms with Crippen molar-refractivity contribution in [2.75, 3.05) is 0 Å². The van der Waals surface area contributed by atoms with Gasteiger partial charge in [-0.3, -0.25) is 0 Å². The predicted molar refractivity (Wildman–Crippen MR) is 91.9 cm³/mol. The summed E-state index contributed by atoms with van der Waals surface area (Å²) in [7, 11) is 0. The van der Waals surface area contributed by atoms with Crippen molar-refractivity contribution in [3.8, 4) is 0 Å². The van der Waals surface area contributed by atoms with Crippen LogP contribution in [0.25, 0.3) is 0 Å². The van der Waals surface area contributed by atoms with Gasteiger partial charge in [0.2, 0.25) is 0 Å². The molecule has 116 valence electrons. The maximum Gasteiger partial charge on any atom is 0.148 e. The highest BCUT2D eigenvalue weighted by molar-refractivity contribution is 5.46. The second-order valence-corrected chi connectivity index (χ2v) is 6.36. The first-order valence-electron chi connectivity index (χ1n) is 8.60. The van der Waals surface area contributed by atoms with E-state index >= 15 is 0 Å². The summed E-state index contributed by atoms with van der Waals surface area (Å²) in [5.74, 6) is 0. The molecule has 1 aliphatic rings. The molecule has 1 aliphatic heterocycles. The number of rotatable bonds is 7. The summed E-state index contributed by atoms with van der Waals surface area (Å²) in [5, 5.41) is 0. The van der Waals surface area contributed by atoms with Gasteiger partial charge in [0.1, 0.15) is 11.2 Å². The number of epoxide rings is 1. The zero-order valence-corrected chi connectivity index (χ0v) is 13.7. The van der Waals surface area contributed by atoms with E-state index in [0.29, 0.717) is 0 Å². The molecule has 1 nitrogen and oxygen atoms in total. The summed E-state index contributed by atoms with van der Waals surface area (Å²) < 4.78 is 6.61. The predicted octanol–water partition coefficient (Wildman–Crippen LogP) is 5.69. The van der Waals surface area contributed by atoms with Crippen LogP contribution in [0.4, 0.5) is 0 Å². The number of unbranched alkanes of at least 4 members (excludes halogenated alkanes) is 1. The van der Waals surface area contributed by atoms with E-state index in [2.05, 4.69) is 74.5 Å². The van der Waals surface area contributed by atoms with E-state index in [-0.39, 0.29) is 11.2 Å². The Balaban J connectivity index is 2.06. The molecule has 0 aliphatic carbocycles. The molecule has 22 heavy (non-hydrogen) atoms. The lowest BCUT2D eigenvalue weighted by molar-refractivity contribution is 0.251. The SMILES string of the molecule is CCCCC1(CCC)OC1(c1ccccc1)c1ccccc1. The van der Waals surface area contributed by atoms with Crippen LogP contribution in [0.2, 0.25) is 0 Å². The van der Waals surface area contributed by atoms with Crippen molar-refractivity contribution in [3.05, 3.63) is 71.8 Å². The Morgan fingerprint density at radius 3 is 1.73 bits per heavy atom. The first-order chi connectivity index (χ1) is 10.8. The summed E-state index contributed by atoms with van der Waals surface area (Å²) in [5.41, 5.74) is 2.32. The number of hydrogen-bond acceptors (Lipinski definition) is 1. The molecule has 1 unspecified atom stereocenters. The van der Waals surface area contributed by atoms with Gasteiger partial charge >= 0.3 is 0 Å². The lowest BCUT2D eigenvalue weighted by Crippen LogP contribution is -2.25. The fourth-order valence-corrected chi connectivity index (χ4v) is 3.87. The first kappa shape index (κ1) is 15.3. The quantitative estimate of drug-likeness (QED) is 0.598. The highest BCUT2D eigenvalue weighted by atomic mass is 16.6. The van der Waals surface area contributed by atoms with Crippen LogP contribution in [0.3, 0.4) is 0 Å². The summed E-state index contributed by atoms with van der Waals surface area (Å²) in [6, 6.07) is 21.5. The molecule has 0 radical (unpaired) electrons. The van der Waals surface area contributed by atoms with Gasteiger partial charge < -0.3 is 4.74 Å². The monoisotopic (exact) mass is 294 g/mol. The Bertz CT molecular complexity index is 550. The van der Waals surface area contributed by atoms with Crippen molar-refractivity contribution >= 4 is 0 Å². The molecule has 1 saturated heterocycles. The molecule has 1 heterocycles. The minimum atomic E-state index is -0.249. The normalized spacial score (nSPS) is 22.5. The molecule has 0 aromatic heterocycles. The summed E-state index contributed by atoms with van der Waals surface area (Å²) in [6.07, 6.45) is 5.86. The third-order valence-electron chi connectivity index (χ3n) is 4.90. The standard InChI is InChI=1S/C21H26O/c1-3-5-17-20(16-4-2)21(22-20,18-12-8-6-9-13-18)19-14-10-7-11-15-19/h6-15H,3-5,16-17H2,1-2H3. The maximum atomic E-state index is 6.61. The topological polar surface area (TPSA) is 12.5 Å². The van der Waals surface area contributed by atoms with Crippen molar-refractivity contribution in [2.45, 2.75) is 57.2 Å². The van der Waals surface area contributed by atoms with E-state index in [9.17, 15) is 0 Å². The van der Waals surface area contributed by atoms with Gasteiger partial charge in [0, 0.05) is 0 Å². The Morgan fingerprint density at radius 2 is 1.27 bits per heavy atom. The summed E-state index contributed by atoms with van der Waals surface area (Å²) in [4.78, 5) is 0. The lowest BCUT2D eigenvalue weighted by atomic mass is 9.76. The molecule has 0 bridgehead atoms. The molecule has 1 fully saturated rings. The number of ether oxygens (including phenoxy) is 1. The largest absolute Gasteiger partial charge is 0.352 e. The van der Waals surface area contributed by atoms with Crippen molar-refractivity contribution in [1.29, 1.82) is 0 Å². The van der Waals surface area contributed by atoms with Crippen LogP contribution in [0.15, 0.2) is 60.7 Å². The second-order valence-electron chi connectivity index (χ2n) is 6.36. The minimum Gasteiger partial charge on any atom is -0.352 e. The van der Waals surface area contributed by atoms with Gasteiger partial charge in [-0.25, -0.2) is 0 Å². The fourth-order valence-electron chi connectivity index (χ4n) is 3.87. The van der Waals surface area contributed by atoms with Gasteiger partial charge in [-0.1, -0.05) is 93.8 Å². The zero-order chi connectivity index (χ0) is 15.5. The average molecular weight is 294 g/mol. The molecular weight excluding hydrogens is 268 g/mol. The van der Waals surface area contributed by atoms with E-state index in [1.165, 1.54) is 24.0 Å². The Kier molecular flexibility index (Phi) is 4.35. The van der Waals surface area contributed by atoms with E-state index < -0.39 is 0 Å². The van der Waals surface area contributed by atoms with Crippen molar-refractivity contribution < 1.29 is 4.74 Å².